The van der Waals surface area contributed by atoms with Gasteiger partial charge in [0, 0.05) is 18.2 Å². The van der Waals surface area contributed by atoms with Gasteiger partial charge < -0.3 is 10.2 Å². The van der Waals surface area contributed by atoms with Crippen LogP contribution in [0.5, 0.6) is 0 Å². The largest absolute Gasteiger partial charge is 0.348 e. The van der Waals surface area contributed by atoms with Gasteiger partial charge in [0.25, 0.3) is 5.91 Å². The first-order valence-electron chi connectivity index (χ1n) is 6.53. The number of halogens is 1. The highest BCUT2D eigenvalue weighted by Gasteiger charge is 2.18. The highest BCUT2D eigenvalue weighted by molar-refractivity contribution is 5.94. The summed E-state index contributed by atoms with van der Waals surface area (Å²) in [4.78, 5) is 14.2. The fourth-order valence-corrected chi connectivity index (χ4v) is 1.85. The van der Waals surface area contributed by atoms with Crippen molar-refractivity contribution in [2.75, 3.05) is 20.6 Å². The van der Waals surface area contributed by atoms with Gasteiger partial charge in [-0.1, -0.05) is 13.8 Å². The van der Waals surface area contributed by atoms with Crippen LogP contribution in [0.4, 0.5) is 4.39 Å². The molecule has 0 aromatic heterocycles. The Morgan fingerprint density at radius 3 is 2.47 bits per heavy atom. The van der Waals surface area contributed by atoms with E-state index in [-0.39, 0.29) is 17.8 Å². The second kappa shape index (κ2) is 6.66. The van der Waals surface area contributed by atoms with Crippen LogP contribution >= 0.6 is 0 Å². The third-order valence-electron chi connectivity index (χ3n) is 3.10. The Kier molecular flexibility index (Phi) is 5.48. The summed E-state index contributed by atoms with van der Waals surface area (Å²) in [7, 11) is 3.95. The molecule has 0 radical (unpaired) electrons. The Labute approximate surface area is 114 Å². The molecular weight excluding hydrogens is 243 g/mol. The third kappa shape index (κ3) is 4.63. The van der Waals surface area contributed by atoms with E-state index in [0.717, 1.165) is 6.54 Å². The highest BCUT2D eigenvalue weighted by Crippen LogP contribution is 2.10. The quantitative estimate of drug-likeness (QED) is 0.888. The molecule has 0 aliphatic rings. The van der Waals surface area contributed by atoms with E-state index < -0.39 is 0 Å². The van der Waals surface area contributed by atoms with Gasteiger partial charge in [0.2, 0.25) is 0 Å². The predicted molar refractivity (Wildman–Crippen MR) is 75.8 cm³/mol. The van der Waals surface area contributed by atoms with E-state index in [2.05, 4.69) is 19.2 Å². The summed E-state index contributed by atoms with van der Waals surface area (Å²) >= 11 is 0. The van der Waals surface area contributed by atoms with E-state index in [1.54, 1.807) is 13.0 Å². The Morgan fingerprint density at radius 2 is 2.00 bits per heavy atom. The highest BCUT2D eigenvalue weighted by atomic mass is 19.1. The van der Waals surface area contributed by atoms with Crippen molar-refractivity contribution in [2.24, 2.45) is 5.92 Å². The molecule has 0 saturated heterocycles. The summed E-state index contributed by atoms with van der Waals surface area (Å²) in [5, 5.41) is 3.01. The number of benzene rings is 1. The van der Waals surface area contributed by atoms with Crippen LogP contribution in [-0.2, 0) is 0 Å². The maximum absolute atomic E-state index is 13.2. The predicted octanol–water partition coefficient (Wildman–Crippen LogP) is 2.45. The molecule has 0 aliphatic heterocycles. The summed E-state index contributed by atoms with van der Waals surface area (Å²) in [6, 6.07) is 4.51. The maximum Gasteiger partial charge on any atom is 0.251 e. The van der Waals surface area contributed by atoms with Crippen molar-refractivity contribution in [2.45, 2.75) is 26.8 Å². The number of carbonyl (C=O) groups is 1. The Morgan fingerprint density at radius 1 is 1.37 bits per heavy atom. The molecule has 0 bridgehead atoms. The molecule has 106 valence electrons. The van der Waals surface area contributed by atoms with Crippen LogP contribution in [0.25, 0.3) is 0 Å². The van der Waals surface area contributed by atoms with E-state index in [0.29, 0.717) is 17.0 Å². The molecule has 1 atom stereocenters. The molecule has 0 saturated carbocycles. The standard InChI is InChI=1S/C15H23FN2O/c1-10(2)14(9-18(4)5)17-15(19)12-6-7-13(16)11(3)8-12/h6-8,10,14H,9H2,1-5H3,(H,17,19). The number of rotatable bonds is 5. The van der Waals surface area contributed by atoms with Crippen LogP contribution < -0.4 is 5.32 Å². The monoisotopic (exact) mass is 266 g/mol. The third-order valence-corrected chi connectivity index (χ3v) is 3.10. The van der Waals surface area contributed by atoms with Crippen molar-refractivity contribution < 1.29 is 9.18 Å². The van der Waals surface area contributed by atoms with Crippen molar-refractivity contribution >= 4 is 5.91 Å². The van der Waals surface area contributed by atoms with Crippen LogP contribution in [0.2, 0.25) is 0 Å². The summed E-state index contributed by atoms with van der Waals surface area (Å²) in [6.07, 6.45) is 0. The van der Waals surface area contributed by atoms with Gasteiger partial charge in [-0.2, -0.15) is 0 Å². The van der Waals surface area contributed by atoms with Crippen molar-refractivity contribution in [1.82, 2.24) is 10.2 Å². The van der Waals surface area contributed by atoms with E-state index >= 15 is 0 Å². The van der Waals surface area contributed by atoms with Crippen LogP contribution in [0.15, 0.2) is 18.2 Å². The number of carbonyl (C=O) groups excluding carboxylic acids is 1. The number of likely N-dealkylation sites (N-methyl/N-ethyl adjacent to an activating group) is 1. The average molecular weight is 266 g/mol. The average Bonchev–Trinajstić information content (AvgIpc) is 2.31. The summed E-state index contributed by atoms with van der Waals surface area (Å²) < 4.78 is 13.2. The smallest absolute Gasteiger partial charge is 0.251 e. The molecule has 0 spiro atoms. The number of hydrogen-bond acceptors (Lipinski definition) is 2. The minimum atomic E-state index is -0.287. The lowest BCUT2D eigenvalue weighted by Gasteiger charge is -2.25. The second-order valence-corrected chi connectivity index (χ2v) is 5.55. The zero-order valence-electron chi connectivity index (χ0n) is 12.3. The van der Waals surface area contributed by atoms with Gasteiger partial charge in [-0.25, -0.2) is 4.39 Å². The first-order chi connectivity index (χ1) is 8.81. The molecule has 1 aromatic carbocycles. The molecule has 0 aliphatic carbocycles. The summed E-state index contributed by atoms with van der Waals surface area (Å²) in [6.45, 7) is 6.59. The number of amides is 1. The number of nitrogens with zero attached hydrogens (tertiary/aromatic N) is 1. The van der Waals surface area contributed by atoms with Gasteiger partial charge >= 0.3 is 0 Å². The molecule has 1 aromatic rings. The SMILES string of the molecule is Cc1cc(C(=O)NC(CN(C)C)C(C)C)ccc1F. The fourth-order valence-electron chi connectivity index (χ4n) is 1.85. The van der Waals surface area contributed by atoms with Gasteiger partial charge in [0.05, 0.1) is 0 Å². The van der Waals surface area contributed by atoms with E-state index in [1.807, 2.05) is 19.0 Å². The lowest BCUT2D eigenvalue weighted by molar-refractivity contribution is 0.0916. The molecule has 19 heavy (non-hydrogen) atoms. The molecule has 1 unspecified atom stereocenters. The molecule has 1 N–H and O–H groups in total. The van der Waals surface area contributed by atoms with Crippen LogP contribution in [0.3, 0.4) is 0 Å². The molecule has 3 nitrogen and oxygen atoms in total. The van der Waals surface area contributed by atoms with E-state index in [1.165, 1.54) is 12.1 Å². The zero-order valence-corrected chi connectivity index (χ0v) is 12.3. The van der Waals surface area contributed by atoms with E-state index in [9.17, 15) is 9.18 Å². The van der Waals surface area contributed by atoms with Gasteiger partial charge in [-0.05, 0) is 50.7 Å². The first-order valence-corrected chi connectivity index (χ1v) is 6.53. The van der Waals surface area contributed by atoms with Crippen LogP contribution in [0, 0.1) is 18.7 Å². The van der Waals surface area contributed by atoms with E-state index in [4.69, 9.17) is 0 Å². The van der Waals surface area contributed by atoms with Crippen LogP contribution in [0.1, 0.15) is 29.8 Å². The van der Waals surface area contributed by atoms with Crippen LogP contribution in [-0.4, -0.2) is 37.5 Å². The van der Waals surface area contributed by atoms with Gasteiger partial charge in [-0.15, -0.1) is 0 Å². The summed E-state index contributed by atoms with van der Waals surface area (Å²) in [5.41, 5.74) is 0.990. The Hall–Kier alpha value is -1.42. The van der Waals surface area contributed by atoms with Crippen molar-refractivity contribution in [3.8, 4) is 0 Å². The number of hydrogen-bond donors (Lipinski definition) is 1. The van der Waals surface area contributed by atoms with Crippen molar-refractivity contribution in [3.63, 3.8) is 0 Å². The second-order valence-electron chi connectivity index (χ2n) is 5.55. The fraction of sp³-hybridized carbons (Fsp3) is 0.533. The lowest BCUT2D eigenvalue weighted by atomic mass is 10.0. The molecular formula is C15H23FN2O. The van der Waals surface area contributed by atoms with Crippen molar-refractivity contribution in [3.05, 3.63) is 35.1 Å². The van der Waals surface area contributed by atoms with Crippen molar-refractivity contribution in [1.29, 1.82) is 0 Å². The first kappa shape index (κ1) is 15.6. The Bertz CT molecular complexity index is 444. The van der Waals surface area contributed by atoms with Gasteiger partial charge in [0.1, 0.15) is 5.82 Å². The minimum absolute atomic E-state index is 0.0767. The van der Waals surface area contributed by atoms with Gasteiger partial charge in [0.15, 0.2) is 0 Å². The topological polar surface area (TPSA) is 32.3 Å². The molecule has 0 heterocycles. The molecule has 0 fully saturated rings. The Balaban J connectivity index is 2.78. The number of nitrogens with one attached hydrogen (secondary N) is 1. The molecule has 4 heteroatoms. The lowest BCUT2D eigenvalue weighted by Crippen LogP contribution is -2.45. The minimum Gasteiger partial charge on any atom is -0.348 e. The molecule has 1 amide bonds. The number of aryl methyl sites for hydroxylation is 1. The maximum atomic E-state index is 13.2. The summed E-state index contributed by atoms with van der Waals surface area (Å²) in [5.74, 6) is -0.0956. The van der Waals surface area contributed by atoms with Gasteiger partial charge in [-0.3, -0.25) is 4.79 Å². The molecule has 1 rings (SSSR count). The normalized spacial score (nSPS) is 12.8. The zero-order chi connectivity index (χ0) is 14.6.